The summed E-state index contributed by atoms with van der Waals surface area (Å²) in [5, 5.41) is 13.5. The lowest BCUT2D eigenvalue weighted by Gasteiger charge is -2.19. The zero-order chi connectivity index (χ0) is 23.4. The summed E-state index contributed by atoms with van der Waals surface area (Å²) < 4.78 is 10.1. The maximum Gasteiger partial charge on any atom is 0.311 e. The molecule has 1 fully saturated rings. The monoisotopic (exact) mass is 441 g/mol. The van der Waals surface area contributed by atoms with Gasteiger partial charge in [-0.05, 0) is 31.5 Å². The summed E-state index contributed by atoms with van der Waals surface area (Å²) >= 11 is 0. The minimum Gasteiger partial charge on any atom is -0.497 e. The zero-order valence-electron chi connectivity index (χ0n) is 17.9. The minimum atomic E-state index is -0.745. The SMILES string of the molecule is COc1ccc([N+](=O)[O-])c(NC(=O)COC(=O)[C@@H]2CC(=O)N(c3ccc(C)cc3C)C2)c1. The van der Waals surface area contributed by atoms with Gasteiger partial charge in [0.15, 0.2) is 6.61 Å². The fourth-order valence-corrected chi connectivity index (χ4v) is 3.55. The van der Waals surface area contributed by atoms with Gasteiger partial charge in [-0.15, -0.1) is 0 Å². The molecule has 2 amide bonds. The number of aryl methyl sites for hydroxylation is 2. The van der Waals surface area contributed by atoms with E-state index in [0.29, 0.717) is 5.75 Å². The molecule has 0 spiro atoms. The van der Waals surface area contributed by atoms with Gasteiger partial charge < -0.3 is 19.7 Å². The summed E-state index contributed by atoms with van der Waals surface area (Å²) in [7, 11) is 1.39. The minimum absolute atomic E-state index is 0.0187. The second-order valence-corrected chi connectivity index (χ2v) is 7.49. The number of hydrogen-bond donors (Lipinski definition) is 1. The van der Waals surface area contributed by atoms with Crippen LogP contribution in [-0.2, 0) is 19.1 Å². The molecule has 2 aromatic carbocycles. The van der Waals surface area contributed by atoms with Gasteiger partial charge in [-0.3, -0.25) is 24.5 Å². The first kappa shape index (κ1) is 22.7. The van der Waals surface area contributed by atoms with Gasteiger partial charge in [0, 0.05) is 30.8 Å². The van der Waals surface area contributed by atoms with E-state index in [4.69, 9.17) is 9.47 Å². The Kier molecular flexibility index (Phi) is 6.72. The topological polar surface area (TPSA) is 128 Å². The van der Waals surface area contributed by atoms with Gasteiger partial charge >= 0.3 is 5.97 Å². The largest absolute Gasteiger partial charge is 0.497 e. The molecule has 168 valence electrons. The highest BCUT2D eigenvalue weighted by Gasteiger charge is 2.37. The van der Waals surface area contributed by atoms with E-state index in [0.717, 1.165) is 16.8 Å². The Morgan fingerprint density at radius 1 is 1.22 bits per heavy atom. The van der Waals surface area contributed by atoms with Crippen LogP contribution in [0.1, 0.15) is 17.5 Å². The van der Waals surface area contributed by atoms with E-state index < -0.39 is 29.3 Å². The zero-order valence-corrected chi connectivity index (χ0v) is 17.9. The molecule has 0 bridgehead atoms. The number of nitrogens with zero attached hydrogens (tertiary/aromatic N) is 2. The lowest BCUT2D eigenvalue weighted by molar-refractivity contribution is -0.383. The molecule has 32 heavy (non-hydrogen) atoms. The highest BCUT2D eigenvalue weighted by molar-refractivity contribution is 6.00. The standard InChI is InChI=1S/C22H23N3O7/c1-13-4-6-18(14(2)8-13)24-11-15(9-21(24)27)22(28)32-12-20(26)23-17-10-16(31-3)5-7-19(17)25(29)30/h4-8,10,15H,9,11-12H2,1-3H3,(H,23,26)/t15-/m1/s1. The van der Waals surface area contributed by atoms with E-state index in [2.05, 4.69) is 5.32 Å². The number of benzene rings is 2. The van der Waals surface area contributed by atoms with Crippen molar-refractivity contribution in [3.63, 3.8) is 0 Å². The normalized spacial score (nSPS) is 15.4. The van der Waals surface area contributed by atoms with E-state index in [9.17, 15) is 24.5 Å². The van der Waals surface area contributed by atoms with E-state index in [1.807, 2.05) is 32.0 Å². The van der Waals surface area contributed by atoms with Crippen LogP contribution in [0.2, 0.25) is 0 Å². The van der Waals surface area contributed by atoms with Crippen LogP contribution >= 0.6 is 0 Å². The number of rotatable bonds is 7. The van der Waals surface area contributed by atoms with Gasteiger partial charge in [0.2, 0.25) is 5.91 Å². The number of esters is 1. The molecule has 1 N–H and O–H groups in total. The van der Waals surface area contributed by atoms with Crippen LogP contribution < -0.4 is 15.0 Å². The van der Waals surface area contributed by atoms with Crippen molar-refractivity contribution in [2.24, 2.45) is 5.92 Å². The highest BCUT2D eigenvalue weighted by Crippen LogP contribution is 2.30. The molecular formula is C22H23N3O7. The van der Waals surface area contributed by atoms with Crippen molar-refractivity contribution in [1.29, 1.82) is 0 Å². The van der Waals surface area contributed by atoms with Gasteiger partial charge in [-0.2, -0.15) is 0 Å². The molecule has 0 radical (unpaired) electrons. The van der Waals surface area contributed by atoms with Gasteiger partial charge in [0.05, 0.1) is 18.0 Å². The van der Waals surface area contributed by atoms with Crippen molar-refractivity contribution < 1.29 is 28.8 Å². The average molecular weight is 441 g/mol. The van der Waals surface area contributed by atoms with Crippen LogP contribution in [0.4, 0.5) is 17.1 Å². The number of methoxy groups -OCH3 is 1. The molecule has 0 unspecified atom stereocenters. The second-order valence-electron chi connectivity index (χ2n) is 7.49. The second kappa shape index (κ2) is 9.46. The number of nitro benzene ring substituents is 1. The van der Waals surface area contributed by atoms with Crippen molar-refractivity contribution in [2.45, 2.75) is 20.3 Å². The van der Waals surface area contributed by atoms with E-state index in [1.165, 1.54) is 25.3 Å². The number of nitro groups is 1. The Morgan fingerprint density at radius 2 is 1.97 bits per heavy atom. The van der Waals surface area contributed by atoms with Gasteiger partial charge in [0.25, 0.3) is 11.6 Å². The third-order valence-electron chi connectivity index (χ3n) is 5.12. The first-order chi connectivity index (χ1) is 15.2. The molecule has 3 rings (SSSR count). The molecule has 1 heterocycles. The number of ether oxygens (including phenoxy) is 2. The number of nitrogens with one attached hydrogen (secondary N) is 1. The maximum atomic E-state index is 12.4. The third-order valence-corrected chi connectivity index (χ3v) is 5.12. The molecule has 0 aliphatic carbocycles. The quantitative estimate of drug-likeness (QED) is 0.397. The molecule has 2 aromatic rings. The van der Waals surface area contributed by atoms with E-state index in [-0.39, 0.29) is 30.2 Å². The number of carbonyl (C=O) groups excluding carboxylic acids is 3. The van der Waals surface area contributed by atoms with E-state index >= 15 is 0 Å². The highest BCUT2D eigenvalue weighted by atomic mass is 16.6. The fourth-order valence-electron chi connectivity index (χ4n) is 3.55. The first-order valence-corrected chi connectivity index (χ1v) is 9.86. The van der Waals surface area contributed by atoms with Crippen molar-refractivity contribution >= 4 is 34.8 Å². The van der Waals surface area contributed by atoms with Gasteiger partial charge in [-0.25, -0.2) is 0 Å². The Morgan fingerprint density at radius 3 is 2.62 bits per heavy atom. The lowest BCUT2D eigenvalue weighted by atomic mass is 10.1. The maximum absolute atomic E-state index is 12.4. The molecular weight excluding hydrogens is 418 g/mol. The van der Waals surface area contributed by atoms with Crippen molar-refractivity contribution in [1.82, 2.24) is 0 Å². The van der Waals surface area contributed by atoms with Crippen molar-refractivity contribution in [2.75, 3.05) is 30.5 Å². The Hall–Kier alpha value is -3.95. The summed E-state index contributed by atoms with van der Waals surface area (Å²) in [4.78, 5) is 49.1. The fraction of sp³-hybridized carbons (Fsp3) is 0.318. The molecule has 1 aliphatic rings. The Labute approximate surface area is 184 Å². The summed E-state index contributed by atoms with van der Waals surface area (Å²) in [5.41, 5.74) is 2.32. The molecule has 1 aliphatic heterocycles. The Balaban J connectivity index is 1.60. The van der Waals surface area contributed by atoms with Crippen LogP contribution in [0.5, 0.6) is 5.75 Å². The summed E-state index contributed by atoms with van der Waals surface area (Å²) in [6.07, 6.45) is -0.0187. The van der Waals surface area contributed by atoms with Crippen molar-refractivity contribution in [3.05, 3.63) is 57.6 Å². The van der Waals surface area contributed by atoms with Crippen molar-refractivity contribution in [3.8, 4) is 5.75 Å². The molecule has 1 atom stereocenters. The predicted molar refractivity (Wildman–Crippen MR) is 116 cm³/mol. The third kappa shape index (κ3) is 5.02. The van der Waals surface area contributed by atoms with Gasteiger partial charge in [0.1, 0.15) is 11.4 Å². The van der Waals surface area contributed by atoms with Gasteiger partial charge in [-0.1, -0.05) is 17.7 Å². The number of amides is 2. The molecule has 0 saturated carbocycles. The van der Waals surface area contributed by atoms with Crippen LogP contribution in [0.3, 0.4) is 0 Å². The summed E-state index contributed by atoms with van der Waals surface area (Å²) in [6, 6.07) is 9.58. The van der Waals surface area contributed by atoms with Crippen LogP contribution in [0.25, 0.3) is 0 Å². The van der Waals surface area contributed by atoms with Crippen LogP contribution in [0.15, 0.2) is 36.4 Å². The molecule has 10 nitrogen and oxygen atoms in total. The molecule has 1 saturated heterocycles. The summed E-state index contributed by atoms with van der Waals surface area (Å²) in [6.45, 7) is 3.36. The predicted octanol–water partition coefficient (Wildman–Crippen LogP) is 2.76. The smallest absolute Gasteiger partial charge is 0.311 e. The first-order valence-electron chi connectivity index (χ1n) is 9.86. The molecule has 0 aromatic heterocycles. The number of anilines is 2. The van der Waals surface area contributed by atoms with Crippen LogP contribution in [-0.4, -0.2) is 43.0 Å². The molecule has 10 heteroatoms. The lowest BCUT2D eigenvalue weighted by Crippen LogP contribution is -2.28. The van der Waals surface area contributed by atoms with E-state index in [1.54, 1.807) is 4.90 Å². The number of hydrogen-bond acceptors (Lipinski definition) is 7. The average Bonchev–Trinajstić information content (AvgIpc) is 3.13. The Bertz CT molecular complexity index is 1080. The summed E-state index contributed by atoms with van der Waals surface area (Å²) in [5.74, 6) is -2.01. The number of carbonyl (C=O) groups is 3. The van der Waals surface area contributed by atoms with Crippen LogP contribution in [0, 0.1) is 29.9 Å².